The normalized spacial score (nSPS) is 17.8. The van der Waals surface area contributed by atoms with Gasteiger partial charge in [-0.05, 0) is 50.8 Å². The highest BCUT2D eigenvalue weighted by Crippen LogP contribution is 2.43. The second-order valence-corrected chi connectivity index (χ2v) is 7.58. The molecule has 0 aromatic heterocycles. The summed E-state index contributed by atoms with van der Waals surface area (Å²) in [6, 6.07) is 5.51. The standard InChI is InChI=1S/C15H19Cl2NO2S/c1-9(2)18-15(14(19)20,10-3-4-10)8-21-11-5-6-12(16)13(17)7-11/h5-7,9-10,18H,3-4,8H2,1-2H3,(H,19,20). The summed E-state index contributed by atoms with van der Waals surface area (Å²) in [6.45, 7) is 3.95. The topological polar surface area (TPSA) is 49.3 Å². The average Bonchev–Trinajstić information content (AvgIpc) is 3.22. The second-order valence-electron chi connectivity index (χ2n) is 5.71. The number of nitrogens with one attached hydrogen (secondary N) is 1. The van der Waals surface area contributed by atoms with Gasteiger partial charge >= 0.3 is 5.97 Å². The maximum atomic E-state index is 11.9. The lowest BCUT2D eigenvalue weighted by atomic mass is 9.94. The van der Waals surface area contributed by atoms with Crippen LogP contribution in [0.5, 0.6) is 0 Å². The number of carbonyl (C=O) groups is 1. The van der Waals surface area contributed by atoms with Crippen molar-refractivity contribution < 1.29 is 9.90 Å². The van der Waals surface area contributed by atoms with E-state index in [1.54, 1.807) is 12.1 Å². The van der Waals surface area contributed by atoms with E-state index in [-0.39, 0.29) is 12.0 Å². The molecule has 1 aliphatic carbocycles. The first kappa shape index (κ1) is 16.9. The zero-order chi connectivity index (χ0) is 15.6. The van der Waals surface area contributed by atoms with E-state index in [0.717, 1.165) is 17.7 Å². The summed E-state index contributed by atoms with van der Waals surface area (Å²) >= 11 is 13.4. The molecule has 1 aliphatic rings. The SMILES string of the molecule is CC(C)NC(CSc1ccc(Cl)c(Cl)c1)(C(=O)O)C1CC1. The van der Waals surface area contributed by atoms with E-state index >= 15 is 0 Å². The van der Waals surface area contributed by atoms with Crippen molar-refractivity contribution in [2.75, 3.05) is 5.75 Å². The molecule has 0 saturated heterocycles. The van der Waals surface area contributed by atoms with Gasteiger partial charge in [-0.25, -0.2) is 0 Å². The van der Waals surface area contributed by atoms with E-state index in [1.807, 2.05) is 19.9 Å². The van der Waals surface area contributed by atoms with E-state index in [9.17, 15) is 9.90 Å². The van der Waals surface area contributed by atoms with Gasteiger partial charge in [-0.15, -0.1) is 11.8 Å². The molecule has 0 amide bonds. The fourth-order valence-electron chi connectivity index (χ4n) is 2.43. The Labute approximate surface area is 139 Å². The number of hydrogen-bond donors (Lipinski definition) is 2. The van der Waals surface area contributed by atoms with Gasteiger partial charge in [0.1, 0.15) is 5.54 Å². The van der Waals surface area contributed by atoms with E-state index in [0.29, 0.717) is 15.8 Å². The molecule has 0 heterocycles. The molecule has 1 saturated carbocycles. The fourth-order valence-corrected chi connectivity index (χ4v) is 4.00. The summed E-state index contributed by atoms with van der Waals surface area (Å²) in [5.74, 6) is -0.0951. The minimum absolute atomic E-state index is 0.121. The summed E-state index contributed by atoms with van der Waals surface area (Å²) in [6.07, 6.45) is 1.93. The number of rotatable bonds is 7. The lowest BCUT2D eigenvalue weighted by molar-refractivity contribution is -0.145. The Bertz CT molecular complexity index is 534. The zero-order valence-electron chi connectivity index (χ0n) is 12.0. The van der Waals surface area contributed by atoms with Crippen molar-refractivity contribution in [2.24, 2.45) is 5.92 Å². The maximum absolute atomic E-state index is 11.9. The highest BCUT2D eigenvalue weighted by molar-refractivity contribution is 7.99. The predicted octanol–water partition coefficient (Wildman–Crippen LogP) is 4.32. The van der Waals surface area contributed by atoms with Gasteiger partial charge in [0.15, 0.2) is 0 Å². The van der Waals surface area contributed by atoms with Crippen LogP contribution < -0.4 is 5.32 Å². The monoisotopic (exact) mass is 347 g/mol. The Morgan fingerprint density at radius 3 is 2.57 bits per heavy atom. The van der Waals surface area contributed by atoms with Gasteiger partial charge in [-0.1, -0.05) is 23.2 Å². The number of hydrogen-bond acceptors (Lipinski definition) is 3. The lowest BCUT2D eigenvalue weighted by Crippen LogP contribution is -2.58. The number of thioether (sulfide) groups is 1. The van der Waals surface area contributed by atoms with Crippen LogP contribution in [0, 0.1) is 5.92 Å². The Morgan fingerprint density at radius 2 is 2.10 bits per heavy atom. The Morgan fingerprint density at radius 1 is 1.43 bits per heavy atom. The third-order valence-corrected chi connectivity index (χ3v) is 5.49. The van der Waals surface area contributed by atoms with Crippen molar-refractivity contribution in [3.63, 3.8) is 0 Å². The summed E-state index contributed by atoms with van der Waals surface area (Å²) < 4.78 is 0. The molecule has 3 nitrogen and oxygen atoms in total. The summed E-state index contributed by atoms with van der Waals surface area (Å²) in [5, 5.41) is 14.0. The number of halogens is 2. The van der Waals surface area contributed by atoms with E-state index in [2.05, 4.69) is 5.32 Å². The zero-order valence-corrected chi connectivity index (χ0v) is 14.4. The van der Waals surface area contributed by atoms with Crippen LogP contribution >= 0.6 is 35.0 Å². The van der Waals surface area contributed by atoms with Crippen molar-refractivity contribution in [2.45, 2.75) is 43.2 Å². The highest BCUT2D eigenvalue weighted by atomic mass is 35.5. The second kappa shape index (κ2) is 6.78. The Kier molecular flexibility index (Phi) is 5.47. The van der Waals surface area contributed by atoms with Crippen molar-refractivity contribution in [1.82, 2.24) is 5.32 Å². The summed E-state index contributed by atoms with van der Waals surface area (Å²) in [5.41, 5.74) is -0.870. The molecule has 1 fully saturated rings. The predicted molar refractivity (Wildman–Crippen MR) is 88.5 cm³/mol. The molecule has 0 aliphatic heterocycles. The van der Waals surface area contributed by atoms with Gasteiger partial charge < -0.3 is 5.11 Å². The first-order valence-corrected chi connectivity index (χ1v) is 8.68. The van der Waals surface area contributed by atoms with Crippen LogP contribution in [0.2, 0.25) is 10.0 Å². The van der Waals surface area contributed by atoms with Crippen molar-refractivity contribution in [1.29, 1.82) is 0 Å². The highest BCUT2D eigenvalue weighted by Gasteiger charge is 2.51. The van der Waals surface area contributed by atoms with Gasteiger partial charge in [-0.2, -0.15) is 0 Å². The smallest absolute Gasteiger partial charge is 0.325 e. The molecule has 6 heteroatoms. The molecular formula is C15H19Cl2NO2S. The quantitative estimate of drug-likeness (QED) is 0.721. The van der Waals surface area contributed by atoms with Crippen molar-refractivity contribution in [3.05, 3.63) is 28.2 Å². The van der Waals surface area contributed by atoms with E-state index in [4.69, 9.17) is 23.2 Å². The number of benzene rings is 1. The molecule has 2 rings (SSSR count). The first-order chi connectivity index (χ1) is 9.85. The minimum atomic E-state index is -0.870. The number of carboxylic acid groups (broad SMARTS) is 1. The van der Waals surface area contributed by atoms with Crippen LogP contribution in [0.1, 0.15) is 26.7 Å². The molecule has 0 bridgehead atoms. The summed E-state index contributed by atoms with van der Waals surface area (Å²) in [4.78, 5) is 12.8. The fraction of sp³-hybridized carbons (Fsp3) is 0.533. The number of aliphatic carboxylic acids is 1. The molecule has 0 radical (unpaired) electrons. The molecule has 1 unspecified atom stereocenters. The third-order valence-electron chi connectivity index (χ3n) is 3.56. The maximum Gasteiger partial charge on any atom is 0.325 e. The van der Waals surface area contributed by atoms with Crippen LogP contribution in [0.15, 0.2) is 23.1 Å². The molecule has 21 heavy (non-hydrogen) atoms. The van der Waals surface area contributed by atoms with E-state index in [1.165, 1.54) is 11.8 Å². The Balaban J connectivity index is 2.14. The van der Waals surface area contributed by atoms with Crippen LogP contribution in [0.4, 0.5) is 0 Å². The van der Waals surface area contributed by atoms with Gasteiger partial charge in [0.05, 0.1) is 10.0 Å². The van der Waals surface area contributed by atoms with E-state index < -0.39 is 11.5 Å². The van der Waals surface area contributed by atoms with Crippen LogP contribution in [0.25, 0.3) is 0 Å². The molecular weight excluding hydrogens is 329 g/mol. The molecule has 2 N–H and O–H groups in total. The van der Waals surface area contributed by atoms with Gasteiger partial charge in [-0.3, -0.25) is 10.1 Å². The minimum Gasteiger partial charge on any atom is -0.480 e. The van der Waals surface area contributed by atoms with Crippen molar-refractivity contribution in [3.8, 4) is 0 Å². The molecule has 0 spiro atoms. The third kappa shape index (κ3) is 4.07. The van der Waals surface area contributed by atoms with Crippen molar-refractivity contribution >= 4 is 40.9 Å². The lowest BCUT2D eigenvalue weighted by Gasteiger charge is -2.32. The summed E-state index contributed by atoms with van der Waals surface area (Å²) in [7, 11) is 0. The largest absolute Gasteiger partial charge is 0.480 e. The van der Waals surface area contributed by atoms with Crippen LogP contribution in [-0.4, -0.2) is 28.4 Å². The molecule has 1 aromatic carbocycles. The molecule has 1 atom stereocenters. The Hall–Kier alpha value is -0.420. The molecule has 1 aromatic rings. The number of carboxylic acids is 1. The average molecular weight is 348 g/mol. The van der Waals surface area contributed by atoms with Gasteiger partial charge in [0.25, 0.3) is 0 Å². The van der Waals surface area contributed by atoms with Crippen LogP contribution in [0.3, 0.4) is 0 Å². The van der Waals surface area contributed by atoms with Gasteiger partial charge in [0, 0.05) is 16.7 Å². The molecule has 116 valence electrons. The first-order valence-electron chi connectivity index (χ1n) is 6.94. The van der Waals surface area contributed by atoms with Gasteiger partial charge in [0.2, 0.25) is 0 Å². The van der Waals surface area contributed by atoms with Crippen LogP contribution in [-0.2, 0) is 4.79 Å².